The van der Waals surface area contributed by atoms with Crippen molar-refractivity contribution >= 4 is 17.6 Å². The Kier molecular flexibility index (Phi) is 5.14. The third-order valence-corrected chi connectivity index (χ3v) is 3.60. The molecule has 0 aromatic heterocycles. The second-order valence-corrected chi connectivity index (χ2v) is 5.46. The standard InChI is InChI=1S/C17H21NO3/c1-12-8-9-15(13(2)10-12)18-16(19)11-21-17(20)14-6-4-3-5-7-14/h3-4,8-10,14H,5-7,11H2,1-2H3,(H,18,19)/t14-/m0/s1. The molecule has 1 aromatic carbocycles. The van der Waals surface area contributed by atoms with Gasteiger partial charge in [-0.1, -0.05) is 29.8 Å². The zero-order valence-electron chi connectivity index (χ0n) is 12.5. The van der Waals surface area contributed by atoms with Crippen LogP contribution >= 0.6 is 0 Å². The van der Waals surface area contributed by atoms with Crippen LogP contribution in [0.15, 0.2) is 30.4 Å². The van der Waals surface area contributed by atoms with Gasteiger partial charge < -0.3 is 10.1 Å². The van der Waals surface area contributed by atoms with Gasteiger partial charge in [0.25, 0.3) is 5.91 Å². The van der Waals surface area contributed by atoms with E-state index in [1.54, 1.807) is 0 Å². The van der Waals surface area contributed by atoms with Gasteiger partial charge in [0.1, 0.15) is 0 Å². The number of nitrogens with one attached hydrogen (secondary N) is 1. The predicted octanol–water partition coefficient (Wildman–Crippen LogP) is 3.14. The molecule has 0 saturated carbocycles. The van der Waals surface area contributed by atoms with Gasteiger partial charge in [-0.2, -0.15) is 0 Å². The Morgan fingerprint density at radius 1 is 1.29 bits per heavy atom. The van der Waals surface area contributed by atoms with Gasteiger partial charge in [-0.25, -0.2) is 0 Å². The second kappa shape index (κ2) is 7.07. The van der Waals surface area contributed by atoms with Crippen LogP contribution in [0.3, 0.4) is 0 Å². The molecule has 21 heavy (non-hydrogen) atoms. The van der Waals surface area contributed by atoms with E-state index in [-0.39, 0.29) is 24.4 Å². The molecule has 1 atom stereocenters. The van der Waals surface area contributed by atoms with Crippen LogP contribution in [-0.4, -0.2) is 18.5 Å². The highest BCUT2D eigenvalue weighted by molar-refractivity contribution is 5.93. The molecular formula is C17H21NO3. The minimum atomic E-state index is -0.304. The highest BCUT2D eigenvalue weighted by atomic mass is 16.5. The number of amides is 1. The Morgan fingerprint density at radius 2 is 2.10 bits per heavy atom. The number of ether oxygens (including phenoxy) is 1. The summed E-state index contributed by atoms with van der Waals surface area (Å²) in [6.07, 6.45) is 6.46. The first-order chi connectivity index (χ1) is 10.1. The minimum absolute atomic E-state index is 0.107. The average Bonchev–Trinajstić information content (AvgIpc) is 2.48. The first kappa shape index (κ1) is 15.3. The van der Waals surface area contributed by atoms with Crippen LogP contribution in [0.5, 0.6) is 0 Å². The van der Waals surface area contributed by atoms with Crippen LogP contribution in [0.2, 0.25) is 0 Å². The zero-order chi connectivity index (χ0) is 15.2. The molecule has 0 fully saturated rings. The number of carbonyl (C=O) groups excluding carboxylic acids is 2. The van der Waals surface area contributed by atoms with E-state index in [1.807, 2.05) is 38.1 Å². The number of esters is 1. The summed E-state index contributed by atoms with van der Waals surface area (Å²) in [5.74, 6) is -0.694. The van der Waals surface area contributed by atoms with Gasteiger partial charge in [0.15, 0.2) is 6.61 Å². The fourth-order valence-electron chi connectivity index (χ4n) is 2.40. The molecule has 1 aliphatic rings. The molecule has 4 nitrogen and oxygen atoms in total. The fourth-order valence-corrected chi connectivity index (χ4v) is 2.40. The van der Waals surface area contributed by atoms with E-state index >= 15 is 0 Å². The monoisotopic (exact) mass is 287 g/mol. The molecule has 4 heteroatoms. The number of hydrogen-bond acceptors (Lipinski definition) is 3. The van der Waals surface area contributed by atoms with Crippen molar-refractivity contribution in [2.24, 2.45) is 5.92 Å². The Morgan fingerprint density at radius 3 is 2.76 bits per heavy atom. The molecule has 0 heterocycles. The lowest BCUT2D eigenvalue weighted by Crippen LogP contribution is -2.25. The van der Waals surface area contributed by atoms with Crippen molar-refractivity contribution in [2.45, 2.75) is 33.1 Å². The molecule has 0 unspecified atom stereocenters. The van der Waals surface area contributed by atoms with Gasteiger partial charge in [-0.3, -0.25) is 9.59 Å². The lowest BCUT2D eigenvalue weighted by Gasteiger charge is -2.16. The molecule has 0 radical (unpaired) electrons. The van der Waals surface area contributed by atoms with Crippen LogP contribution in [0.25, 0.3) is 0 Å². The Labute approximate surface area is 125 Å². The minimum Gasteiger partial charge on any atom is -0.455 e. The summed E-state index contributed by atoms with van der Waals surface area (Å²) < 4.78 is 5.09. The molecule has 0 spiro atoms. The molecule has 1 amide bonds. The maximum absolute atomic E-state index is 11.8. The molecule has 0 aliphatic heterocycles. The number of carbonyl (C=O) groups is 2. The number of rotatable bonds is 4. The van der Waals surface area contributed by atoms with Crippen molar-refractivity contribution in [3.8, 4) is 0 Å². The van der Waals surface area contributed by atoms with Gasteiger partial charge >= 0.3 is 5.97 Å². The fraction of sp³-hybridized carbons (Fsp3) is 0.412. The molecule has 1 N–H and O–H groups in total. The lowest BCUT2D eigenvalue weighted by atomic mass is 9.95. The molecule has 1 aliphatic carbocycles. The molecule has 0 bridgehead atoms. The highest BCUT2D eigenvalue weighted by Gasteiger charge is 2.21. The van der Waals surface area contributed by atoms with Crippen LogP contribution < -0.4 is 5.32 Å². The normalized spacial score (nSPS) is 17.3. The number of anilines is 1. The Hall–Kier alpha value is -2.10. The maximum atomic E-state index is 11.8. The largest absolute Gasteiger partial charge is 0.455 e. The van der Waals surface area contributed by atoms with E-state index in [9.17, 15) is 9.59 Å². The summed E-state index contributed by atoms with van der Waals surface area (Å²) >= 11 is 0. The van der Waals surface area contributed by atoms with E-state index in [2.05, 4.69) is 11.4 Å². The van der Waals surface area contributed by atoms with E-state index in [1.165, 1.54) is 0 Å². The van der Waals surface area contributed by atoms with E-state index in [0.717, 1.165) is 29.7 Å². The summed E-state index contributed by atoms with van der Waals surface area (Å²) in [6.45, 7) is 3.70. The SMILES string of the molecule is Cc1ccc(NC(=O)COC(=O)[C@H]2CC=CCC2)c(C)c1. The van der Waals surface area contributed by atoms with Crippen molar-refractivity contribution in [1.82, 2.24) is 0 Å². The van der Waals surface area contributed by atoms with Crippen LogP contribution in [0.1, 0.15) is 30.4 Å². The molecule has 112 valence electrons. The summed E-state index contributed by atoms with van der Waals surface area (Å²) in [6, 6.07) is 5.79. The third kappa shape index (κ3) is 4.45. The number of benzene rings is 1. The first-order valence-electron chi connectivity index (χ1n) is 7.25. The maximum Gasteiger partial charge on any atom is 0.309 e. The van der Waals surface area contributed by atoms with E-state index < -0.39 is 0 Å². The Bertz CT molecular complexity index is 563. The second-order valence-electron chi connectivity index (χ2n) is 5.46. The van der Waals surface area contributed by atoms with Gasteiger partial charge in [-0.15, -0.1) is 0 Å². The van der Waals surface area contributed by atoms with Crippen molar-refractivity contribution in [3.05, 3.63) is 41.5 Å². The van der Waals surface area contributed by atoms with Crippen molar-refractivity contribution < 1.29 is 14.3 Å². The van der Waals surface area contributed by atoms with Crippen molar-refractivity contribution in [1.29, 1.82) is 0 Å². The Balaban J connectivity index is 1.81. The zero-order valence-corrected chi connectivity index (χ0v) is 12.5. The predicted molar refractivity (Wildman–Crippen MR) is 82.0 cm³/mol. The lowest BCUT2D eigenvalue weighted by molar-refractivity contribution is -0.151. The smallest absolute Gasteiger partial charge is 0.309 e. The summed E-state index contributed by atoms with van der Waals surface area (Å²) in [7, 11) is 0. The van der Waals surface area contributed by atoms with Crippen molar-refractivity contribution in [2.75, 3.05) is 11.9 Å². The van der Waals surface area contributed by atoms with Gasteiger partial charge in [-0.05, 0) is 44.7 Å². The van der Waals surface area contributed by atoms with Gasteiger partial charge in [0.2, 0.25) is 0 Å². The summed E-state index contributed by atoms with van der Waals surface area (Å²) in [4.78, 5) is 23.7. The van der Waals surface area contributed by atoms with Crippen LogP contribution in [-0.2, 0) is 14.3 Å². The number of hydrogen-bond donors (Lipinski definition) is 1. The summed E-state index contributed by atoms with van der Waals surface area (Å²) in [5, 5.41) is 2.77. The van der Waals surface area contributed by atoms with E-state index in [4.69, 9.17) is 4.74 Å². The summed E-state index contributed by atoms with van der Waals surface area (Å²) in [5.41, 5.74) is 2.89. The number of aryl methyl sites for hydroxylation is 2. The topological polar surface area (TPSA) is 55.4 Å². The van der Waals surface area contributed by atoms with Gasteiger partial charge in [0.05, 0.1) is 5.92 Å². The van der Waals surface area contributed by atoms with Crippen molar-refractivity contribution in [3.63, 3.8) is 0 Å². The quantitative estimate of drug-likeness (QED) is 0.683. The highest BCUT2D eigenvalue weighted by Crippen LogP contribution is 2.19. The molecule has 1 aromatic rings. The third-order valence-electron chi connectivity index (χ3n) is 3.60. The van der Waals surface area contributed by atoms with Crippen LogP contribution in [0, 0.1) is 19.8 Å². The molecular weight excluding hydrogens is 266 g/mol. The van der Waals surface area contributed by atoms with E-state index in [0.29, 0.717) is 6.42 Å². The first-order valence-corrected chi connectivity index (χ1v) is 7.25. The molecule has 0 saturated heterocycles. The average molecular weight is 287 g/mol. The van der Waals surface area contributed by atoms with Gasteiger partial charge in [0, 0.05) is 5.69 Å². The van der Waals surface area contributed by atoms with Crippen LogP contribution in [0.4, 0.5) is 5.69 Å². The molecule has 2 rings (SSSR count). The number of allylic oxidation sites excluding steroid dienone is 2.